The summed E-state index contributed by atoms with van der Waals surface area (Å²) in [5.41, 5.74) is 15.6. The largest absolute Gasteiger partial charge is 0.456 e. The van der Waals surface area contributed by atoms with Gasteiger partial charge in [-0.1, -0.05) is 170 Å². The molecule has 0 bridgehead atoms. The zero-order valence-electron chi connectivity index (χ0n) is 35.4. The Balaban J connectivity index is 0.929. The second-order valence-electron chi connectivity index (χ2n) is 16.8. The quantitative estimate of drug-likeness (QED) is 0.149. The summed E-state index contributed by atoms with van der Waals surface area (Å²) in [7, 11) is 0. The second kappa shape index (κ2) is 15.0. The predicted molar refractivity (Wildman–Crippen MR) is 274 cm³/mol. The summed E-state index contributed by atoms with van der Waals surface area (Å²) in [6.07, 6.45) is 0. The minimum Gasteiger partial charge on any atom is -0.456 e. The number of fused-ring (bicyclic) bond motifs is 9. The first-order valence-electron chi connectivity index (χ1n) is 22.2. The molecule has 0 N–H and O–H groups in total. The molecule has 0 saturated carbocycles. The maximum Gasteiger partial charge on any atom is 0.136 e. The van der Waals surface area contributed by atoms with Crippen LogP contribution in [0.25, 0.3) is 104 Å². The van der Waals surface area contributed by atoms with E-state index in [1.165, 1.54) is 60.0 Å². The van der Waals surface area contributed by atoms with Gasteiger partial charge in [0.05, 0.1) is 16.7 Å². The minimum atomic E-state index is 0.897. The monoisotopic (exact) mass is 828 g/mol. The van der Waals surface area contributed by atoms with E-state index < -0.39 is 0 Å². The molecule has 0 unspecified atom stereocenters. The summed E-state index contributed by atoms with van der Waals surface area (Å²) >= 11 is 0. The van der Waals surface area contributed by atoms with Crippen LogP contribution in [0.3, 0.4) is 0 Å². The van der Waals surface area contributed by atoms with Crippen LogP contribution in [0.1, 0.15) is 0 Å². The van der Waals surface area contributed by atoms with Crippen molar-refractivity contribution in [3.8, 4) is 39.1 Å². The number of para-hydroxylation sites is 4. The number of furan rings is 1. The van der Waals surface area contributed by atoms with Crippen molar-refractivity contribution < 1.29 is 4.42 Å². The average molecular weight is 829 g/mol. The normalized spacial score (nSPS) is 11.7. The Hall–Kier alpha value is -8.66. The van der Waals surface area contributed by atoms with E-state index in [-0.39, 0.29) is 0 Å². The lowest BCUT2D eigenvalue weighted by Gasteiger charge is -2.26. The van der Waals surface area contributed by atoms with Gasteiger partial charge in [0.25, 0.3) is 0 Å². The Morgan fingerprint density at radius 2 is 0.769 bits per heavy atom. The molecule has 0 aliphatic rings. The van der Waals surface area contributed by atoms with E-state index in [1.54, 1.807) is 0 Å². The Bertz CT molecular complexity index is 3880. The second-order valence-corrected chi connectivity index (χ2v) is 16.8. The molecule has 13 aromatic rings. The topological polar surface area (TPSA) is 21.3 Å². The molecular formula is C62H40N2O. The van der Waals surface area contributed by atoms with Gasteiger partial charge in [0, 0.05) is 44.2 Å². The molecule has 3 heteroatoms. The van der Waals surface area contributed by atoms with Crippen molar-refractivity contribution in [2.24, 2.45) is 0 Å². The van der Waals surface area contributed by atoms with Crippen LogP contribution in [0.2, 0.25) is 0 Å². The van der Waals surface area contributed by atoms with E-state index in [1.807, 2.05) is 12.1 Å². The van der Waals surface area contributed by atoms with E-state index in [4.69, 9.17) is 4.42 Å². The van der Waals surface area contributed by atoms with Gasteiger partial charge >= 0.3 is 0 Å². The van der Waals surface area contributed by atoms with E-state index in [0.29, 0.717) is 0 Å². The smallest absolute Gasteiger partial charge is 0.136 e. The molecule has 2 aromatic heterocycles. The number of hydrogen-bond donors (Lipinski definition) is 0. The molecule has 0 aliphatic heterocycles. The van der Waals surface area contributed by atoms with Gasteiger partial charge in [0.1, 0.15) is 11.2 Å². The van der Waals surface area contributed by atoms with Crippen molar-refractivity contribution in [1.82, 2.24) is 4.57 Å². The first-order chi connectivity index (χ1) is 32.2. The predicted octanol–water partition coefficient (Wildman–Crippen LogP) is 17.5. The third-order valence-corrected chi connectivity index (χ3v) is 13.2. The van der Waals surface area contributed by atoms with Gasteiger partial charge in [0.2, 0.25) is 0 Å². The molecule has 0 fully saturated rings. The average Bonchev–Trinajstić information content (AvgIpc) is 3.93. The SMILES string of the molecule is c1ccc(-n2c3ccccc3c3ccccc32)c(-c2ccc(N(c3ccc(-c4cc5ccccc5c5ccccc45)cc3)c3ccc(-c4cccc5oc6ccccc6c45)cc3)cc2)c1. The summed E-state index contributed by atoms with van der Waals surface area (Å²) in [6.45, 7) is 0. The highest BCUT2D eigenvalue weighted by molar-refractivity contribution is 6.15. The highest BCUT2D eigenvalue weighted by atomic mass is 16.3. The molecule has 0 radical (unpaired) electrons. The molecule has 0 saturated heterocycles. The fourth-order valence-corrected chi connectivity index (χ4v) is 10.2. The number of hydrogen-bond acceptors (Lipinski definition) is 2. The summed E-state index contributed by atoms with van der Waals surface area (Å²) in [4.78, 5) is 2.36. The highest BCUT2D eigenvalue weighted by Crippen LogP contribution is 2.43. The van der Waals surface area contributed by atoms with Crippen LogP contribution < -0.4 is 4.90 Å². The third-order valence-electron chi connectivity index (χ3n) is 13.2. The Morgan fingerprint density at radius 3 is 1.43 bits per heavy atom. The van der Waals surface area contributed by atoms with Crippen molar-refractivity contribution in [2.75, 3.05) is 4.90 Å². The fraction of sp³-hybridized carbons (Fsp3) is 0. The minimum absolute atomic E-state index is 0.897. The zero-order chi connectivity index (χ0) is 42.8. The van der Waals surface area contributed by atoms with Crippen LogP contribution in [0.15, 0.2) is 247 Å². The molecule has 0 spiro atoms. The van der Waals surface area contributed by atoms with Crippen molar-refractivity contribution in [2.45, 2.75) is 0 Å². The van der Waals surface area contributed by atoms with Gasteiger partial charge in [-0.3, -0.25) is 0 Å². The van der Waals surface area contributed by atoms with Crippen LogP contribution in [0.5, 0.6) is 0 Å². The van der Waals surface area contributed by atoms with E-state index in [2.05, 4.69) is 240 Å². The van der Waals surface area contributed by atoms with Crippen LogP contribution in [-0.2, 0) is 0 Å². The third kappa shape index (κ3) is 6.05. The lowest BCUT2D eigenvalue weighted by Crippen LogP contribution is -2.10. The standard InChI is InChI=1S/C62H40N2O/c1-2-15-48-44(14-1)40-56(52-18-4-3-17-51(48)52)43-32-38-47(39-33-43)63(46-36-30-42(31-37-46)50-22-13-27-61-62(50)55-21-8-12-26-60(55)65-61)45-34-28-41(29-35-45)49-16-5-9-23-57(49)64-58-24-10-6-19-53(58)54-20-7-11-25-59(54)64/h1-40H. The number of anilines is 3. The zero-order valence-corrected chi connectivity index (χ0v) is 35.4. The lowest BCUT2D eigenvalue weighted by molar-refractivity contribution is 0.669. The molecule has 3 nitrogen and oxygen atoms in total. The van der Waals surface area contributed by atoms with E-state index in [9.17, 15) is 0 Å². The van der Waals surface area contributed by atoms with E-state index in [0.717, 1.165) is 61.4 Å². The van der Waals surface area contributed by atoms with Crippen molar-refractivity contribution >= 4 is 82.4 Å². The van der Waals surface area contributed by atoms with Gasteiger partial charge in [-0.15, -0.1) is 0 Å². The van der Waals surface area contributed by atoms with Gasteiger partial charge in [0.15, 0.2) is 0 Å². The molecule has 0 aliphatic carbocycles. The Morgan fingerprint density at radius 1 is 0.308 bits per heavy atom. The first kappa shape index (κ1) is 36.9. The molecule has 13 rings (SSSR count). The number of rotatable bonds is 7. The molecule has 2 heterocycles. The Labute approximate surface area is 376 Å². The molecule has 0 amide bonds. The van der Waals surface area contributed by atoms with Crippen LogP contribution in [0, 0.1) is 0 Å². The lowest BCUT2D eigenvalue weighted by atomic mass is 9.93. The molecule has 65 heavy (non-hydrogen) atoms. The fourth-order valence-electron chi connectivity index (χ4n) is 10.2. The maximum absolute atomic E-state index is 6.28. The van der Waals surface area contributed by atoms with Gasteiger partial charge in [-0.2, -0.15) is 0 Å². The van der Waals surface area contributed by atoms with Crippen molar-refractivity contribution in [1.29, 1.82) is 0 Å². The molecular weight excluding hydrogens is 789 g/mol. The summed E-state index contributed by atoms with van der Waals surface area (Å²) in [5.74, 6) is 0. The van der Waals surface area contributed by atoms with Crippen molar-refractivity contribution in [3.05, 3.63) is 243 Å². The van der Waals surface area contributed by atoms with Crippen LogP contribution >= 0.6 is 0 Å². The van der Waals surface area contributed by atoms with Crippen LogP contribution in [-0.4, -0.2) is 4.57 Å². The Kier molecular flexibility index (Phi) is 8.53. The van der Waals surface area contributed by atoms with Gasteiger partial charge in [-0.05, 0) is 122 Å². The summed E-state index contributed by atoms with van der Waals surface area (Å²) < 4.78 is 8.69. The van der Waals surface area contributed by atoms with Crippen molar-refractivity contribution in [3.63, 3.8) is 0 Å². The summed E-state index contributed by atoms with van der Waals surface area (Å²) in [6, 6.07) is 87.7. The molecule has 304 valence electrons. The van der Waals surface area contributed by atoms with Gasteiger partial charge < -0.3 is 13.9 Å². The maximum atomic E-state index is 6.28. The molecule has 0 atom stereocenters. The first-order valence-corrected chi connectivity index (χ1v) is 22.2. The number of nitrogens with zero attached hydrogens (tertiary/aromatic N) is 2. The number of benzene rings is 11. The highest BCUT2D eigenvalue weighted by Gasteiger charge is 2.19. The van der Waals surface area contributed by atoms with Crippen LogP contribution in [0.4, 0.5) is 17.1 Å². The molecule has 11 aromatic carbocycles. The van der Waals surface area contributed by atoms with Gasteiger partial charge in [-0.25, -0.2) is 0 Å². The van der Waals surface area contributed by atoms with E-state index >= 15 is 0 Å². The summed E-state index contributed by atoms with van der Waals surface area (Å²) in [5, 5.41) is 9.81. The number of aromatic nitrogens is 1.